The molecule has 8 nitrogen and oxygen atoms in total. The molecule has 1 heterocycles. The molecule has 1 aromatic heterocycles. The van der Waals surface area contributed by atoms with E-state index in [1.165, 1.54) is 7.11 Å². The molecule has 3 rings (SSSR count). The molecule has 2 aromatic carbocycles. The Kier molecular flexibility index (Phi) is 6.69. The van der Waals surface area contributed by atoms with E-state index in [1.807, 2.05) is 55.6 Å². The molecule has 1 N–H and O–H groups in total. The van der Waals surface area contributed by atoms with Crippen LogP contribution in [-0.4, -0.2) is 42.7 Å². The Bertz CT molecular complexity index is 1040. The maximum atomic E-state index is 12.2. The third-order valence-electron chi connectivity index (χ3n) is 4.50. The Labute approximate surface area is 175 Å². The Morgan fingerprint density at radius 3 is 2.53 bits per heavy atom. The lowest BCUT2D eigenvalue weighted by molar-refractivity contribution is -0.114. The number of ether oxygens (including phenoxy) is 2. The van der Waals surface area contributed by atoms with Crippen LogP contribution in [0.1, 0.15) is 11.1 Å². The predicted molar refractivity (Wildman–Crippen MR) is 114 cm³/mol. The van der Waals surface area contributed by atoms with Gasteiger partial charge >= 0.3 is 0 Å². The molecule has 30 heavy (non-hydrogen) atoms. The van der Waals surface area contributed by atoms with Crippen LogP contribution in [0.4, 0.5) is 0 Å². The number of nitrogens with one attached hydrogen (secondary N) is 1. The van der Waals surface area contributed by atoms with Crippen LogP contribution in [0.25, 0.3) is 11.3 Å². The summed E-state index contributed by atoms with van der Waals surface area (Å²) in [7, 11) is 6.39. The first-order valence-electron chi connectivity index (χ1n) is 9.30. The maximum Gasteiger partial charge on any atom is 0.273 e. The van der Waals surface area contributed by atoms with Crippen LogP contribution in [0, 0.1) is 0 Å². The zero-order valence-electron chi connectivity index (χ0n) is 17.4. The first-order valence-corrected chi connectivity index (χ1v) is 9.30. The van der Waals surface area contributed by atoms with Crippen LogP contribution < -0.4 is 14.8 Å². The van der Waals surface area contributed by atoms with Crippen LogP contribution in [0.5, 0.6) is 11.6 Å². The lowest BCUT2D eigenvalue weighted by Crippen LogP contribution is -2.29. The first-order chi connectivity index (χ1) is 14.6. The number of aryl methyl sites for hydroxylation is 1. The normalized spacial score (nSPS) is 11.1. The van der Waals surface area contributed by atoms with Crippen LogP contribution in [0.3, 0.4) is 0 Å². The van der Waals surface area contributed by atoms with Gasteiger partial charge < -0.3 is 19.6 Å². The molecule has 0 spiro atoms. The average Bonchev–Trinajstić information content (AvgIpc) is 3.16. The number of aromatic nitrogens is 2. The molecular weight excluding hydrogens is 384 g/mol. The van der Waals surface area contributed by atoms with Crippen LogP contribution in [-0.2, 0) is 23.3 Å². The highest BCUT2D eigenvalue weighted by atomic mass is 16.6. The molecule has 0 unspecified atom stereocenters. The Hall–Kier alpha value is -3.81. The van der Waals surface area contributed by atoms with E-state index in [0.29, 0.717) is 11.4 Å². The van der Waals surface area contributed by atoms with Gasteiger partial charge in [0.05, 0.1) is 12.8 Å². The van der Waals surface area contributed by atoms with Crippen molar-refractivity contribution in [2.45, 2.75) is 6.61 Å². The lowest BCUT2D eigenvalue weighted by Gasteiger charge is -2.12. The largest absolute Gasteiger partial charge is 0.497 e. The van der Waals surface area contributed by atoms with Crippen molar-refractivity contribution < 1.29 is 19.1 Å². The summed E-state index contributed by atoms with van der Waals surface area (Å²) in [5.74, 6) is 1.04. The molecule has 0 aliphatic rings. The monoisotopic (exact) mass is 408 g/mol. The third-order valence-corrected chi connectivity index (χ3v) is 4.50. The number of carbonyl (C=O) groups excluding carboxylic acids is 1. The summed E-state index contributed by atoms with van der Waals surface area (Å²) in [5, 5.41) is 11.0. The summed E-state index contributed by atoms with van der Waals surface area (Å²) in [6.07, 6.45) is 0. The zero-order valence-corrected chi connectivity index (χ0v) is 17.4. The Balaban J connectivity index is 1.82. The number of benzene rings is 2. The fourth-order valence-electron chi connectivity index (χ4n) is 2.94. The average molecular weight is 408 g/mol. The number of likely N-dealkylation sites (N-methyl/N-ethyl adjacent to an activating group) is 1. The quantitative estimate of drug-likeness (QED) is 0.458. The second-order valence-corrected chi connectivity index (χ2v) is 6.37. The number of amides is 1. The molecule has 0 fully saturated rings. The van der Waals surface area contributed by atoms with Crippen molar-refractivity contribution >= 4 is 11.6 Å². The van der Waals surface area contributed by atoms with Crippen LogP contribution in [0.2, 0.25) is 0 Å². The SMILES string of the molecule is CNC(=O)/C(=N/OC)c1ccccc1COc1cc(-c2ccc(OC)cc2)nn1C. The molecule has 0 aliphatic heterocycles. The van der Waals surface area contributed by atoms with E-state index in [1.54, 1.807) is 24.9 Å². The smallest absolute Gasteiger partial charge is 0.273 e. The topological polar surface area (TPSA) is 87.0 Å². The number of carbonyl (C=O) groups is 1. The van der Waals surface area contributed by atoms with Gasteiger partial charge in [-0.2, -0.15) is 5.10 Å². The first kappa shape index (κ1) is 20.9. The van der Waals surface area contributed by atoms with Gasteiger partial charge in [0.25, 0.3) is 5.91 Å². The van der Waals surface area contributed by atoms with Crippen molar-refractivity contribution in [2.75, 3.05) is 21.3 Å². The molecule has 0 aliphatic carbocycles. The van der Waals surface area contributed by atoms with E-state index in [9.17, 15) is 4.79 Å². The molecule has 0 saturated carbocycles. The zero-order chi connectivity index (χ0) is 21.5. The highest BCUT2D eigenvalue weighted by Crippen LogP contribution is 2.25. The van der Waals surface area contributed by atoms with Crippen LogP contribution in [0.15, 0.2) is 59.8 Å². The Morgan fingerprint density at radius 1 is 1.13 bits per heavy atom. The van der Waals surface area contributed by atoms with E-state index in [0.717, 1.165) is 22.6 Å². The van der Waals surface area contributed by atoms with Gasteiger partial charge in [-0.05, 0) is 29.8 Å². The predicted octanol–water partition coefficient (Wildman–Crippen LogP) is 2.77. The number of methoxy groups -OCH3 is 1. The van der Waals surface area contributed by atoms with Gasteiger partial charge in [-0.1, -0.05) is 29.4 Å². The molecule has 3 aromatic rings. The lowest BCUT2D eigenvalue weighted by atomic mass is 10.0. The van der Waals surface area contributed by atoms with Crippen molar-refractivity contribution in [2.24, 2.45) is 12.2 Å². The second kappa shape index (κ2) is 9.60. The molecule has 0 atom stereocenters. The highest BCUT2D eigenvalue weighted by molar-refractivity contribution is 6.45. The second-order valence-electron chi connectivity index (χ2n) is 6.37. The minimum atomic E-state index is -0.341. The Morgan fingerprint density at radius 2 is 1.87 bits per heavy atom. The van der Waals surface area contributed by atoms with Gasteiger partial charge in [0, 0.05) is 31.3 Å². The van der Waals surface area contributed by atoms with Gasteiger partial charge in [0.2, 0.25) is 5.88 Å². The fourth-order valence-corrected chi connectivity index (χ4v) is 2.94. The van der Waals surface area contributed by atoms with E-state index in [2.05, 4.69) is 15.6 Å². The minimum absolute atomic E-state index is 0.183. The molecule has 156 valence electrons. The fraction of sp³-hybridized carbons (Fsp3) is 0.227. The summed E-state index contributed by atoms with van der Waals surface area (Å²) in [4.78, 5) is 17.1. The van der Waals surface area contributed by atoms with Gasteiger partial charge in [-0.25, -0.2) is 4.68 Å². The van der Waals surface area contributed by atoms with E-state index in [4.69, 9.17) is 14.3 Å². The number of hydrogen-bond donors (Lipinski definition) is 1. The van der Waals surface area contributed by atoms with Crippen molar-refractivity contribution in [1.29, 1.82) is 0 Å². The third kappa shape index (κ3) is 4.60. The molecular formula is C22H24N4O4. The van der Waals surface area contributed by atoms with Gasteiger partial charge in [0.15, 0.2) is 5.71 Å². The van der Waals surface area contributed by atoms with Gasteiger partial charge in [0.1, 0.15) is 19.5 Å². The standard InChI is InChI=1S/C22H24N4O4/c1-23-22(27)21(25-29-4)18-8-6-5-7-16(18)14-30-20-13-19(24-26(20)2)15-9-11-17(28-3)12-10-15/h5-13H,14H2,1-4H3,(H,23,27)/b25-21+. The minimum Gasteiger partial charge on any atom is -0.497 e. The van der Waals surface area contributed by atoms with E-state index in [-0.39, 0.29) is 18.2 Å². The number of rotatable bonds is 8. The summed E-state index contributed by atoms with van der Waals surface area (Å²) >= 11 is 0. The summed E-state index contributed by atoms with van der Waals surface area (Å²) in [5.41, 5.74) is 3.36. The summed E-state index contributed by atoms with van der Waals surface area (Å²) in [6, 6.07) is 16.9. The van der Waals surface area contributed by atoms with Crippen molar-refractivity contribution in [3.8, 4) is 22.9 Å². The number of nitrogens with zero attached hydrogens (tertiary/aromatic N) is 3. The van der Waals surface area contributed by atoms with Crippen molar-refractivity contribution in [3.05, 3.63) is 65.7 Å². The maximum absolute atomic E-state index is 12.2. The van der Waals surface area contributed by atoms with Gasteiger partial charge in [-0.3, -0.25) is 4.79 Å². The molecule has 0 radical (unpaired) electrons. The number of hydrogen-bond acceptors (Lipinski definition) is 6. The van der Waals surface area contributed by atoms with Crippen molar-refractivity contribution in [3.63, 3.8) is 0 Å². The summed E-state index contributed by atoms with van der Waals surface area (Å²) < 4.78 is 12.9. The molecule has 0 saturated heterocycles. The van der Waals surface area contributed by atoms with Gasteiger partial charge in [-0.15, -0.1) is 0 Å². The van der Waals surface area contributed by atoms with Crippen LogP contribution >= 0.6 is 0 Å². The number of oxime groups is 1. The highest BCUT2D eigenvalue weighted by Gasteiger charge is 2.18. The van der Waals surface area contributed by atoms with Crippen molar-refractivity contribution in [1.82, 2.24) is 15.1 Å². The molecule has 1 amide bonds. The van der Waals surface area contributed by atoms with E-state index < -0.39 is 0 Å². The molecule has 0 bridgehead atoms. The molecule has 8 heteroatoms. The summed E-state index contributed by atoms with van der Waals surface area (Å²) in [6.45, 7) is 0.234. The van der Waals surface area contributed by atoms with E-state index >= 15 is 0 Å².